The third-order valence-corrected chi connectivity index (χ3v) is 18.2. The average Bonchev–Trinajstić information content (AvgIpc) is 2.22. The lowest BCUT2D eigenvalue weighted by atomic mass is 10.4. The molecule has 0 aromatic rings. The van der Waals surface area contributed by atoms with Crippen molar-refractivity contribution in [2.45, 2.75) is 64.7 Å². The molecule has 0 radical (unpaired) electrons. The molecule has 0 saturated carbocycles. The van der Waals surface area contributed by atoms with Crippen LogP contribution >= 0.6 is 0 Å². The maximum atomic E-state index is 6.49. The summed E-state index contributed by atoms with van der Waals surface area (Å²) in [7, 11) is -8.49. The van der Waals surface area contributed by atoms with Crippen LogP contribution in [0.4, 0.5) is 0 Å². The summed E-state index contributed by atoms with van der Waals surface area (Å²) in [6.07, 6.45) is 2.20. The fraction of sp³-hybridized carbons (Fsp3) is 0.846. The van der Waals surface area contributed by atoms with Crippen molar-refractivity contribution in [3.63, 3.8) is 0 Å². The maximum absolute atomic E-state index is 6.49. The molecule has 0 spiro atoms. The van der Waals surface area contributed by atoms with Gasteiger partial charge < -0.3 is 16.8 Å². The fourth-order valence-corrected chi connectivity index (χ4v) is 20.7. The SMILES string of the molecule is C=C[Si]1(C)OCCCC[Si](C)(C)O[Si](C)(C)O[Si](C)(C)O1. The quantitative estimate of drug-likeness (QED) is 0.652. The van der Waals surface area contributed by atoms with E-state index >= 15 is 0 Å². The van der Waals surface area contributed by atoms with Gasteiger partial charge in [0.2, 0.25) is 0 Å². The molecule has 1 aliphatic rings. The summed E-state index contributed by atoms with van der Waals surface area (Å²) in [5.41, 5.74) is 1.87. The third-order valence-electron chi connectivity index (χ3n) is 3.39. The topological polar surface area (TPSA) is 36.9 Å². The average molecular weight is 365 g/mol. The second-order valence-corrected chi connectivity index (χ2v) is 22.2. The van der Waals surface area contributed by atoms with Gasteiger partial charge >= 0.3 is 25.7 Å². The normalized spacial score (nSPS) is 33.5. The third kappa shape index (κ3) is 7.04. The van der Waals surface area contributed by atoms with Gasteiger partial charge in [0, 0.05) is 6.61 Å². The highest BCUT2D eigenvalue weighted by Crippen LogP contribution is 2.27. The molecule has 0 amide bonds. The molecule has 8 heteroatoms. The van der Waals surface area contributed by atoms with Gasteiger partial charge in [-0.05, 0) is 58.3 Å². The molecule has 1 fully saturated rings. The molecular formula is C13H32O4Si4. The van der Waals surface area contributed by atoms with Gasteiger partial charge in [-0.3, -0.25) is 0 Å². The Bertz CT molecular complexity index is 373. The van der Waals surface area contributed by atoms with E-state index in [1.165, 1.54) is 0 Å². The summed E-state index contributed by atoms with van der Waals surface area (Å²) in [5.74, 6) is 0. The number of rotatable bonds is 1. The van der Waals surface area contributed by atoms with E-state index in [0.717, 1.165) is 25.5 Å². The maximum Gasteiger partial charge on any atom is 0.352 e. The van der Waals surface area contributed by atoms with Crippen LogP contribution in [0.5, 0.6) is 0 Å². The van der Waals surface area contributed by atoms with E-state index in [-0.39, 0.29) is 0 Å². The first kappa shape index (κ1) is 19.5. The minimum atomic E-state index is -2.34. The highest BCUT2D eigenvalue weighted by Gasteiger charge is 2.45. The summed E-state index contributed by atoms with van der Waals surface area (Å²) in [4.78, 5) is 0. The van der Waals surface area contributed by atoms with Crippen molar-refractivity contribution < 1.29 is 16.8 Å². The molecule has 1 unspecified atom stereocenters. The lowest BCUT2D eigenvalue weighted by molar-refractivity contribution is 0.222. The molecule has 0 N–H and O–H groups in total. The Hall–Kier alpha value is 0.448. The van der Waals surface area contributed by atoms with Crippen LogP contribution in [0.25, 0.3) is 0 Å². The van der Waals surface area contributed by atoms with Crippen molar-refractivity contribution in [1.29, 1.82) is 0 Å². The molecule has 1 atom stereocenters. The van der Waals surface area contributed by atoms with Crippen LogP contribution in [-0.4, -0.2) is 40.6 Å². The van der Waals surface area contributed by atoms with Crippen LogP contribution in [-0.2, 0) is 16.8 Å². The second kappa shape index (κ2) is 6.91. The minimum absolute atomic E-state index is 0.741. The van der Waals surface area contributed by atoms with Crippen LogP contribution in [0.1, 0.15) is 12.8 Å². The molecule has 1 aliphatic heterocycles. The van der Waals surface area contributed by atoms with E-state index < -0.39 is 34.0 Å². The zero-order valence-corrected chi connectivity index (χ0v) is 18.7. The molecule has 1 rings (SSSR count). The van der Waals surface area contributed by atoms with E-state index in [0.29, 0.717) is 0 Å². The van der Waals surface area contributed by atoms with Gasteiger partial charge in [0.15, 0.2) is 8.32 Å². The summed E-state index contributed by atoms with van der Waals surface area (Å²) in [6, 6.07) is 1.16. The zero-order chi connectivity index (χ0) is 16.4. The van der Waals surface area contributed by atoms with Crippen molar-refractivity contribution in [2.75, 3.05) is 6.61 Å². The van der Waals surface area contributed by atoms with E-state index in [9.17, 15) is 0 Å². The van der Waals surface area contributed by atoms with Crippen molar-refractivity contribution in [3.8, 4) is 0 Å². The smallest absolute Gasteiger partial charge is 0.352 e. The Morgan fingerprint density at radius 3 is 1.95 bits per heavy atom. The molecule has 0 aliphatic carbocycles. The van der Waals surface area contributed by atoms with Gasteiger partial charge in [-0.15, -0.1) is 6.58 Å². The van der Waals surface area contributed by atoms with Gasteiger partial charge in [-0.25, -0.2) is 0 Å². The Morgan fingerprint density at radius 2 is 1.38 bits per heavy atom. The largest absolute Gasteiger partial charge is 0.436 e. The van der Waals surface area contributed by atoms with Crippen molar-refractivity contribution in [1.82, 2.24) is 0 Å². The van der Waals surface area contributed by atoms with Gasteiger partial charge in [0.05, 0.1) is 0 Å². The summed E-state index contributed by atoms with van der Waals surface area (Å²) in [5, 5.41) is 0. The minimum Gasteiger partial charge on any atom is -0.436 e. The Balaban J connectivity index is 2.96. The standard InChI is InChI=1S/C13H32O4Si4/c1-9-21(8)14-12-10-11-13-18(2,3)15-19(4,5)16-20(6,7)17-21/h9H,1,10-13H2,2-8H3. The van der Waals surface area contributed by atoms with Crippen LogP contribution in [0, 0.1) is 0 Å². The monoisotopic (exact) mass is 364 g/mol. The summed E-state index contributed by atoms with van der Waals surface area (Å²) < 4.78 is 25.3. The van der Waals surface area contributed by atoms with Crippen LogP contribution in [0.2, 0.25) is 51.9 Å². The lowest BCUT2D eigenvalue weighted by Gasteiger charge is -2.41. The molecule has 1 saturated heterocycles. The zero-order valence-electron chi connectivity index (χ0n) is 14.7. The van der Waals surface area contributed by atoms with Crippen LogP contribution < -0.4 is 0 Å². The Morgan fingerprint density at radius 1 is 0.810 bits per heavy atom. The molecule has 0 aromatic carbocycles. The van der Waals surface area contributed by atoms with Crippen molar-refractivity contribution >= 4 is 34.0 Å². The van der Waals surface area contributed by atoms with E-state index in [1.807, 2.05) is 5.70 Å². The molecule has 124 valence electrons. The van der Waals surface area contributed by atoms with E-state index in [4.69, 9.17) is 16.8 Å². The second-order valence-electron chi connectivity index (χ2n) is 7.39. The highest BCUT2D eigenvalue weighted by atomic mass is 28.5. The summed E-state index contributed by atoms with van der Waals surface area (Å²) in [6.45, 7) is 19.7. The van der Waals surface area contributed by atoms with E-state index in [1.54, 1.807) is 0 Å². The van der Waals surface area contributed by atoms with Gasteiger partial charge in [0.1, 0.15) is 0 Å². The molecule has 1 heterocycles. The molecule has 0 bridgehead atoms. The van der Waals surface area contributed by atoms with Gasteiger partial charge in [-0.2, -0.15) is 0 Å². The summed E-state index contributed by atoms with van der Waals surface area (Å²) >= 11 is 0. The molecular weight excluding hydrogens is 332 g/mol. The molecule has 4 nitrogen and oxygen atoms in total. The molecule has 21 heavy (non-hydrogen) atoms. The van der Waals surface area contributed by atoms with Crippen molar-refractivity contribution in [2.24, 2.45) is 0 Å². The molecule has 0 aromatic heterocycles. The first-order valence-corrected chi connectivity index (χ1v) is 18.9. The number of hydrogen-bond acceptors (Lipinski definition) is 4. The van der Waals surface area contributed by atoms with Crippen LogP contribution in [0.3, 0.4) is 0 Å². The van der Waals surface area contributed by atoms with Gasteiger partial charge in [-0.1, -0.05) is 12.1 Å². The Labute approximate surface area is 134 Å². The Kier molecular flexibility index (Phi) is 6.42. The van der Waals surface area contributed by atoms with Crippen molar-refractivity contribution in [3.05, 3.63) is 12.3 Å². The van der Waals surface area contributed by atoms with Crippen LogP contribution in [0.15, 0.2) is 12.3 Å². The van der Waals surface area contributed by atoms with Gasteiger partial charge in [0.25, 0.3) is 0 Å². The lowest BCUT2D eigenvalue weighted by Crippen LogP contribution is -2.57. The first-order valence-electron chi connectivity index (χ1n) is 7.77. The van der Waals surface area contributed by atoms with E-state index in [2.05, 4.69) is 52.4 Å². The number of hydrogen-bond donors (Lipinski definition) is 0. The first-order chi connectivity index (χ1) is 9.39. The fourth-order valence-electron chi connectivity index (χ4n) is 2.90. The highest BCUT2D eigenvalue weighted by molar-refractivity contribution is 6.89. The predicted molar refractivity (Wildman–Crippen MR) is 97.5 cm³/mol. The predicted octanol–water partition coefficient (Wildman–Crippen LogP) is 4.25.